The molecule has 0 saturated carbocycles. The lowest BCUT2D eigenvalue weighted by molar-refractivity contribution is -0.137. The first-order valence-electron chi connectivity index (χ1n) is 4.21. The van der Waals surface area contributed by atoms with Gasteiger partial charge in [-0.2, -0.15) is 0 Å². The van der Waals surface area contributed by atoms with Crippen LogP contribution in [0.15, 0.2) is 23.8 Å². The highest BCUT2D eigenvalue weighted by Crippen LogP contribution is 2.06. The fraction of sp³-hybridized carbons (Fsp3) is 0.333. The highest BCUT2D eigenvalue weighted by Gasteiger charge is 2.09. The lowest BCUT2D eigenvalue weighted by Crippen LogP contribution is -2.11. The summed E-state index contributed by atoms with van der Waals surface area (Å²) in [6.45, 7) is 6.59. The third-order valence-corrected chi connectivity index (χ3v) is 2.43. The fourth-order valence-corrected chi connectivity index (χ4v) is 1.29. The van der Waals surface area contributed by atoms with E-state index in [0.29, 0.717) is 11.1 Å². The summed E-state index contributed by atoms with van der Waals surface area (Å²) in [5, 5.41) is 0. The molecule has 0 amide bonds. The summed E-state index contributed by atoms with van der Waals surface area (Å²) in [4.78, 5) is 21.9. The van der Waals surface area contributed by atoms with Gasteiger partial charge in [-0.15, -0.1) is 11.1 Å². The van der Waals surface area contributed by atoms with Gasteiger partial charge in [-0.3, -0.25) is 0 Å². The molecule has 0 aromatic rings. The van der Waals surface area contributed by atoms with Crippen molar-refractivity contribution in [3.8, 4) is 0 Å². The van der Waals surface area contributed by atoms with Crippen LogP contribution in [0.4, 0.5) is 0 Å². The summed E-state index contributed by atoms with van der Waals surface area (Å²) in [6, 6.07) is 0. The van der Waals surface area contributed by atoms with Gasteiger partial charge in [0.05, 0.1) is 0 Å². The van der Waals surface area contributed by atoms with Crippen molar-refractivity contribution in [2.24, 2.45) is 0 Å². The first-order chi connectivity index (χ1) is 7.02. The number of ether oxygens (including phenoxy) is 1. The van der Waals surface area contributed by atoms with Crippen molar-refractivity contribution in [1.29, 1.82) is 0 Å². The Labute approximate surface area is 95.5 Å². The van der Waals surface area contributed by atoms with Crippen molar-refractivity contribution in [2.45, 2.75) is 13.8 Å². The van der Waals surface area contributed by atoms with E-state index in [2.05, 4.69) is 6.58 Å². The van der Waals surface area contributed by atoms with Gasteiger partial charge in [0.25, 0.3) is 0 Å². The molecule has 0 fully saturated rings. The summed E-state index contributed by atoms with van der Waals surface area (Å²) >= 11 is 5.37. The second-order valence-corrected chi connectivity index (χ2v) is 3.92. The van der Waals surface area contributed by atoms with Crippen LogP contribution >= 0.6 is 11.1 Å². The van der Waals surface area contributed by atoms with Crippen LogP contribution in [0, 0.1) is 0 Å². The Kier molecular flexibility index (Phi) is 6.73. The third kappa shape index (κ3) is 5.39. The number of esters is 1. The van der Waals surface area contributed by atoms with Crippen LogP contribution in [0.5, 0.6) is 0 Å². The second kappa shape index (κ2) is 7.25. The molecule has 6 heteroatoms. The largest absolute Gasteiger partial charge is 0.507 e. The molecule has 0 atom stereocenters. The molecule has 0 saturated heterocycles. The molecule has 0 aromatic carbocycles. The zero-order chi connectivity index (χ0) is 11.8. The lowest BCUT2D eigenvalue weighted by Gasteiger charge is -2.07. The summed E-state index contributed by atoms with van der Waals surface area (Å²) in [7, 11) is -1.28. The highest BCUT2D eigenvalue weighted by atomic mass is 35.6. The molecule has 0 aromatic heterocycles. The van der Waals surface area contributed by atoms with Crippen molar-refractivity contribution in [1.82, 2.24) is 0 Å². The van der Waals surface area contributed by atoms with Crippen molar-refractivity contribution in [2.75, 3.05) is 6.61 Å². The molecule has 0 unspecified atom stereocenters. The molecular formula is C9H13ClO4Si. The minimum atomic E-state index is -1.28. The standard InChI is InChI=1S/C9H13ClO4Si/c1-4-8(11)13-5-6(2)7(3)9(12)14-15-10/h4H,1,5,15H2,2-3H3. The molecule has 0 spiro atoms. The normalized spacial score (nSPS) is 12.2. The van der Waals surface area contributed by atoms with Crippen LogP contribution in [0.25, 0.3) is 0 Å². The number of carbonyl (C=O) groups excluding carboxylic acids is 2. The average molecular weight is 249 g/mol. The topological polar surface area (TPSA) is 52.6 Å². The van der Waals surface area contributed by atoms with Gasteiger partial charge in [0, 0.05) is 11.6 Å². The van der Waals surface area contributed by atoms with E-state index in [-0.39, 0.29) is 6.61 Å². The minimum absolute atomic E-state index is 0.0512. The summed E-state index contributed by atoms with van der Waals surface area (Å²) in [5.74, 6) is -0.981. The van der Waals surface area contributed by atoms with Crippen LogP contribution in [-0.4, -0.2) is 27.6 Å². The Morgan fingerprint density at radius 2 is 2.07 bits per heavy atom. The van der Waals surface area contributed by atoms with Crippen LogP contribution in [-0.2, 0) is 18.8 Å². The zero-order valence-electron chi connectivity index (χ0n) is 8.71. The molecule has 4 nitrogen and oxygen atoms in total. The van der Waals surface area contributed by atoms with E-state index in [4.69, 9.17) is 20.2 Å². The van der Waals surface area contributed by atoms with Gasteiger partial charge in [-0.1, -0.05) is 6.58 Å². The van der Waals surface area contributed by atoms with Crippen LogP contribution in [0.1, 0.15) is 13.8 Å². The molecule has 0 rings (SSSR count). The Hall–Kier alpha value is -1.07. The molecular weight excluding hydrogens is 236 g/mol. The average Bonchev–Trinajstić information content (AvgIpc) is 2.24. The van der Waals surface area contributed by atoms with Gasteiger partial charge < -0.3 is 9.16 Å². The predicted molar refractivity (Wildman–Crippen MR) is 60.0 cm³/mol. The Balaban J connectivity index is 4.31. The highest BCUT2D eigenvalue weighted by molar-refractivity contribution is 6.90. The SMILES string of the molecule is C=CC(=O)OCC(C)=C(C)C(=O)O[SiH2]Cl. The maximum atomic E-state index is 11.2. The predicted octanol–water partition coefficient (Wildman–Crippen LogP) is 0.833. The molecule has 0 N–H and O–H groups in total. The van der Waals surface area contributed by atoms with Gasteiger partial charge in [-0.25, -0.2) is 9.59 Å². The molecule has 0 aliphatic carbocycles. The quantitative estimate of drug-likeness (QED) is 0.313. The van der Waals surface area contributed by atoms with E-state index >= 15 is 0 Å². The van der Waals surface area contributed by atoms with Crippen LogP contribution in [0.2, 0.25) is 0 Å². The lowest BCUT2D eigenvalue weighted by atomic mass is 10.2. The summed E-state index contributed by atoms with van der Waals surface area (Å²) in [5.41, 5.74) is 1.05. The molecule has 0 aliphatic heterocycles. The first kappa shape index (κ1) is 13.9. The minimum Gasteiger partial charge on any atom is -0.507 e. The molecule has 0 bridgehead atoms. The molecule has 15 heavy (non-hydrogen) atoms. The van der Waals surface area contributed by atoms with E-state index < -0.39 is 21.0 Å². The second-order valence-electron chi connectivity index (χ2n) is 2.76. The van der Waals surface area contributed by atoms with Gasteiger partial charge >= 0.3 is 21.0 Å². The van der Waals surface area contributed by atoms with E-state index in [1.54, 1.807) is 13.8 Å². The monoisotopic (exact) mass is 248 g/mol. The van der Waals surface area contributed by atoms with Gasteiger partial charge in [0.2, 0.25) is 0 Å². The van der Waals surface area contributed by atoms with E-state index in [0.717, 1.165) is 6.08 Å². The number of carbonyl (C=O) groups is 2. The van der Waals surface area contributed by atoms with E-state index in [1.165, 1.54) is 0 Å². The smallest absolute Gasteiger partial charge is 0.330 e. The van der Waals surface area contributed by atoms with Gasteiger partial charge in [0.1, 0.15) is 6.61 Å². The zero-order valence-corrected chi connectivity index (χ0v) is 10.9. The number of hydrogen-bond acceptors (Lipinski definition) is 4. The van der Waals surface area contributed by atoms with Crippen molar-refractivity contribution < 1.29 is 18.8 Å². The van der Waals surface area contributed by atoms with Crippen LogP contribution in [0.3, 0.4) is 0 Å². The number of rotatable bonds is 5. The molecule has 0 heterocycles. The summed E-state index contributed by atoms with van der Waals surface area (Å²) < 4.78 is 9.46. The van der Waals surface area contributed by atoms with Gasteiger partial charge in [0.15, 0.2) is 0 Å². The maximum Gasteiger partial charge on any atom is 0.330 e. The molecule has 84 valence electrons. The van der Waals surface area contributed by atoms with Gasteiger partial charge in [-0.05, 0) is 19.4 Å². The Morgan fingerprint density at radius 1 is 1.47 bits per heavy atom. The fourth-order valence-electron chi connectivity index (χ4n) is 0.679. The summed E-state index contributed by atoms with van der Waals surface area (Å²) in [6.07, 6.45) is 1.06. The van der Waals surface area contributed by atoms with Crippen molar-refractivity contribution in [3.05, 3.63) is 23.8 Å². The van der Waals surface area contributed by atoms with Crippen molar-refractivity contribution in [3.63, 3.8) is 0 Å². The number of hydrogen-bond donors (Lipinski definition) is 0. The third-order valence-electron chi connectivity index (χ3n) is 1.73. The van der Waals surface area contributed by atoms with E-state index in [1.807, 2.05) is 0 Å². The number of halogens is 1. The van der Waals surface area contributed by atoms with Crippen LogP contribution < -0.4 is 0 Å². The molecule has 0 radical (unpaired) electrons. The Morgan fingerprint density at radius 3 is 2.53 bits per heavy atom. The van der Waals surface area contributed by atoms with Crippen molar-refractivity contribution >= 4 is 32.1 Å². The Bertz CT molecular complexity index is 298. The maximum absolute atomic E-state index is 11.2. The molecule has 0 aliphatic rings. The first-order valence-corrected chi connectivity index (χ1v) is 6.93. The van der Waals surface area contributed by atoms with E-state index in [9.17, 15) is 9.59 Å².